The maximum absolute atomic E-state index is 10.5. The van der Waals surface area contributed by atoms with Gasteiger partial charge in [0.05, 0.1) is 6.61 Å². The molecular weight excluding hydrogens is 196 g/mol. The fourth-order valence-corrected chi connectivity index (χ4v) is 1.31. The van der Waals surface area contributed by atoms with Crippen LogP contribution >= 0.6 is 0 Å². The first kappa shape index (κ1) is 14.4. The van der Waals surface area contributed by atoms with Crippen LogP contribution in [0.2, 0.25) is 0 Å². The van der Waals surface area contributed by atoms with Crippen molar-refractivity contribution in [3.8, 4) is 0 Å². The molecule has 0 aliphatic carbocycles. The van der Waals surface area contributed by atoms with Gasteiger partial charge in [0.1, 0.15) is 0 Å². The summed E-state index contributed by atoms with van der Waals surface area (Å²) in [5.74, 6) is -1.09. The lowest BCUT2D eigenvalue weighted by Crippen LogP contribution is -2.28. The van der Waals surface area contributed by atoms with Crippen LogP contribution in [-0.4, -0.2) is 35.5 Å². The number of carbonyl (C=O) groups is 1. The molecule has 15 heavy (non-hydrogen) atoms. The monoisotopic (exact) mass is 218 g/mol. The van der Waals surface area contributed by atoms with Gasteiger partial charge >= 0.3 is 5.97 Å². The minimum Gasteiger partial charge on any atom is -0.479 e. The van der Waals surface area contributed by atoms with Crippen molar-refractivity contribution < 1.29 is 19.7 Å². The van der Waals surface area contributed by atoms with Crippen molar-refractivity contribution in [2.45, 2.75) is 51.6 Å². The van der Waals surface area contributed by atoms with Crippen LogP contribution in [-0.2, 0) is 9.53 Å². The normalized spacial score (nSPS) is 12.7. The number of hydrogen-bond acceptors (Lipinski definition) is 3. The molecule has 0 saturated carbocycles. The van der Waals surface area contributed by atoms with Gasteiger partial charge < -0.3 is 14.9 Å². The minimum absolute atomic E-state index is 0.420. The maximum Gasteiger partial charge on any atom is 0.335 e. The zero-order valence-corrected chi connectivity index (χ0v) is 9.45. The van der Waals surface area contributed by atoms with Gasteiger partial charge in [-0.15, -0.1) is 0 Å². The van der Waals surface area contributed by atoms with Crippen LogP contribution in [0.25, 0.3) is 0 Å². The van der Waals surface area contributed by atoms with Gasteiger partial charge in [-0.1, -0.05) is 39.0 Å². The number of aliphatic hydroxyl groups is 1. The summed E-state index contributed by atoms with van der Waals surface area (Å²) in [5, 5.41) is 17.2. The highest BCUT2D eigenvalue weighted by Gasteiger charge is 2.15. The first-order valence-electron chi connectivity index (χ1n) is 5.67. The molecule has 0 spiro atoms. The zero-order chi connectivity index (χ0) is 11.5. The van der Waals surface area contributed by atoms with Gasteiger partial charge in [0.25, 0.3) is 0 Å². The van der Waals surface area contributed by atoms with Crippen molar-refractivity contribution in [2.24, 2.45) is 0 Å². The van der Waals surface area contributed by atoms with E-state index in [2.05, 4.69) is 6.92 Å². The van der Waals surface area contributed by atoms with Crippen molar-refractivity contribution >= 4 is 5.97 Å². The summed E-state index contributed by atoms with van der Waals surface area (Å²) >= 11 is 0. The van der Waals surface area contributed by atoms with Crippen molar-refractivity contribution in [1.29, 1.82) is 0 Å². The van der Waals surface area contributed by atoms with Gasteiger partial charge in [-0.2, -0.15) is 0 Å². The molecule has 0 aromatic heterocycles. The molecule has 0 radical (unpaired) electrons. The largest absolute Gasteiger partial charge is 0.479 e. The lowest BCUT2D eigenvalue weighted by molar-refractivity contribution is -0.153. The fraction of sp³-hybridized carbons (Fsp3) is 0.909. The molecule has 0 fully saturated rings. The number of carboxylic acid groups (broad SMARTS) is 1. The van der Waals surface area contributed by atoms with E-state index in [1.807, 2.05) is 0 Å². The Kier molecular flexibility index (Phi) is 9.52. The van der Waals surface area contributed by atoms with Crippen LogP contribution in [0.4, 0.5) is 0 Å². The minimum atomic E-state index is -1.09. The maximum atomic E-state index is 10.5. The van der Waals surface area contributed by atoms with Crippen LogP contribution in [0.3, 0.4) is 0 Å². The number of aliphatic hydroxyl groups excluding tert-OH is 1. The van der Waals surface area contributed by atoms with Crippen LogP contribution in [0, 0.1) is 0 Å². The molecule has 0 aromatic rings. The Morgan fingerprint density at radius 1 is 1.20 bits per heavy atom. The summed E-state index contributed by atoms with van der Waals surface area (Å²) in [5.41, 5.74) is 0. The average molecular weight is 218 g/mol. The first-order chi connectivity index (χ1) is 7.22. The molecule has 0 bridgehead atoms. The van der Waals surface area contributed by atoms with Gasteiger partial charge in [-0.05, 0) is 6.42 Å². The molecule has 0 aromatic carbocycles. The second-order valence-corrected chi connectivity index (χ2v) is 3.65. The summed E-state index contributed by atoms with van der Waals surface area (Å²) in [6.45, 7) is 2.14. The second kappa shape index (κ2) is 9.93. The van der Waals surface area contributed by atoms with Gasteiger partial charge in [0, 0.05) is 6.61 Å². The SMILES string of the molecule is CCCCCCCCO[C@H](CO)C(=O)O. The Balaban J connectivity index is 3.25. The van der Waals surface area contributed by atoms with E-state index in [-0.39, 0.29) is 0 Å². The standard InChI is InChI=1S/C11H22O4/c1-2-3-4-5-6-7-8-15-10(9-12)11(13)14/h10,12H,2-9H2,1H3,(H,13,14)/t10-/m1/s1. The topological polar surface area (TPSA) is 66.8 Å². The number of ether oxygens (including phenoxy) is 1. The van der Waals surface area contributed by atoms with Crippen molar-refractivity contribution in [2.75, 3.05) is 13.2 Å². The number of carboxylic acids is 1. The Labute approximate surface area is 91.3 Å². The second-order valence-electron chi connectivity index (χ2n) is 3.65. The van der Waals surface area contributed by atoms with Crippen molar-refractivity contribution in [3.05, 3.63) is 0 Å². The molecular formula is C11H22O4. The third-order valence-electron chi connectivity index (χ3n) is 2.26. The fourth-order valence-electron chi connectivity index (χ4n) is 1.31. The van der Waals surface area contributed by atoms with Gasteiger partial charge in [-0.25, -0.2) is 4.79 Å². The number of unbranched alkanes of at least 4 members (excludes halogenated alkanes) is 5. The molecule has 2 N–H and O–H groups in total. The molecule has 90 valence electrons. The third kappa shape index (κ3) is 8.39. The Bertz CT molecular complexity index is 159. The van der Waals surface area contributed by atoms with E-state index in [0.29, 0.717) is 6.61 Å². The molecule has 1 atom stereocenters. The molecule has 0 aliphatic rings. The van der Waals surface area contributed by atoms with Crippen LogP contribution < -0.4 is 0 Å². The summed E-state index contributed by atoms with van der Waals surface area (Å²) in [4.78, 5) is 10.5. The highest BCUT2D eigenvalue weighted by atomic mass is 16.5. The third-order valence-corrected chi connectivity index (χ3v) is 2.26. The van der Waals surface area contributed by atoms with Crippen LogP contribution in [0.5, 0.6) is 0 Å². The molecule has 4 heteroatoms. The molecule has 4 nitrogen and oxygen atoms in total. The molecule has 0 amide bonds. The summed E-state index contributed by atoms with van der Waals surface area (Å²) < 4.78 is 5.01. The van der Waals surface area contributed by atoms with Gasteiger partial charge in [0.15, 0.2) is 6.10 Å². The van der Waals surface area contributed by atoms with E-state index in [1.165, 1.54) is 25.7 Å². The van der Waals surface area contributed by atoms with E-state index >= 15 is 0 Å². The number of hydrogen-bond donors (Lipinski definition) is 2. The Hall–Kier alpha value is -0.610. The van der Waals surface area contributed by atoms with E-state index in [0.717, 1.165) is 12.8 Å². The van der Waals surface area contributed by atoms with Crippen LogP contribution in [0.1, 0.15) is 45.4 Å². The molecule has 0 heterocycles. The van der Waals surface area contributed by atoms with Crippen molar-refractivity contribution in [1.82, 2.24) is 0 Å². The van der Waals surface area contributed by atoms with Gasteiger partial charge in [0.2, 0.25) is 0 Å². The summed E-state index contributed by atoms with van der Waals surface area (Å²) in [6, 6.07) is 0. The highest BCUT2D eigenvalue weighted by Crippen LogP contribution is 2.05. The lowest BCUT2D eigenvalue weighted by atomic mass is 10.1. The average Bonchev–Trinajstić information content (AvgIpc) is 2.21. The number of rotatable bonds is 10. The predicted octanol–water partition coefficient (Wildman–Crippen LogP) is 1.81. The lowest BCUT2D eigenvalue weighted by Gasteiger charge is -2.10. The quantitative estimate of drug-likeness (QED) is 0.549. The Morgan fingerprint density at radius 2 is 1.80 bits per heavy atom. The van der Waals surface area contributed by atoms with E-state index < -0.39 is 18.7 Å². The van der Waals surface area contributed by atoms with E-state index in [4.69, 9.17) is 14.9 Å². The number of aliphatic carboxylic acids is 1. The van der Waals surface area contributed by atoms with Gasteiger partial charge in [-0.3, -0.25) is 0 Å². The molecule has 0 unspecified atom stereocenters. The Morgan fingerprint density at radius 3 is 2.33 bits per heavy atom. The van der Waals surface area contributed by atoms with E-state index in [1.54, 1.807) is 0 Å². The zero-order valence-electron chi connectivity index (χ0n) is 9.45. The summed E-state index contributed by atoms with van der Waals surface area (Å²) in [6.07, 6.45) is 5.77. The van der Waals surface area contributed by atoms with Crippen LogP contribution in [0.15, 0.2) is 0 Å². The highest BCUT2D eigenvalue weighted by molar-refractivity contribution is 5.72. The first-order valence-corrected chi connectivity index (χ1v) is 5.67. The molecule has 0 saturated heterocycles. The predicted molar refractivity (Wildman–Crippen MR) is 57.8 cm³/mol. The smallest absolute Gasteiger partial charge is 0.335 e. The molecule has 0 rings (SSSR count). The van der Waals surface area contributed by atoms with Crippen molar-refractivity contribution in [3.63, 3.8) is 0 Å². The molecule has 0 aliphatic heterocycles. The summed E-state index contributed by atoms with van der Waals surface area (Å²) in [7, 11) is 0. The van der Waals surface area contributed by atoms with E-state index in [9.17, 15) is 4.79 Å².